The van der Waals surface area contributed by atoms with Gasteiger partial charge in [0, 0.05) is 18.1 Å². The van der Waals surface area contributed by atoms with Gasteiger partial charge in [-0.3, -0.25) is 19.4 Å². The van der Waals surface area contributed by atoms with Crippen molar-refractivity contribution in [1.82, 2.24) is 15.2 Å². The highest BCUT2D eigenvalue weighted by Crippen LogP contribution is 2.26. The van der Waals surface area contributed by atoms with E-state index < -0.39 is 28.4 Å². The average Bonchev–Trinajstić information content (AvgIpc) is 2.79. The van der Waals surface area contributed by atoms with Crippen LogP contribution in [0.3, 0.4) is 0 Å². The molecule has 0 aliphatic rings. The Morgan fingerprint density at radius 1 is 1.06 bits per heavy atom. The number of para-hydroxylation sites is 1. The van der Waals surface area contributed by atoms with Gasteiger partial charge >= 0.3 is 0 Å². The van der Waals surface area contributed by atoms with Crippen LogP contribution < -0.4 is 16.2 Å². The predicted octanol–water partition coefficient (Wildman–Crippen LogP) is 3.97. The first-order chi connectivity index (χ1) is 15.8. The molecule has 0 saturated carbocycles. The number of nitrogens with zero attached hydrogens (tertiary/aromatic N) is 2. The third-order valence-electron chi connectivity index (χ3n) is 4.56. The van der Waals surface area contributed by atoms with E-state index in [9.17, 15) is 23.2 Å². The van der Waals surface area contributed by atoms with Gasteiger partial charge in [-0.2, -0.15) is 0 Å². The maximum absolute atomic E-state index is 13.8. The summed E-state index contributed by atoms with van der Waals surface area (Å²) >= 11 is 0.954. The highest BCUT2D eigenvalue weighted by molar-refractivity contribution is 8.00. The number of nitrogens with one attached hydrogen (secondary N) is 3. The van der Waals surface area contributed by atoms with Crippen molar-refractivity contribution in [3.63, 3.8) is 0 Å². The van der Waals surface area contributed by atoms with E-state index in [0.717, 1.165) is 23.9 Å². The molecular formula is C22H21F2N5O3S. The third-order valence-corrected chi connectivity index (χ3v) is 5.80. The Bertz CT molecular complexity index is 1230. The van der Waals surface area contributed by atoms with Gasteiger partial charge in [0.2, 0.25) is 11.8 Å². The molecule has 0 aliphatic carbocycles. The molecule has 0 spiro atoms. The van der Waals surface area contributed by atoms with E-state index in [-0.39, 0.29) is 28.9 Å². The first-order valence-corrected chi connectivity index (χ1v) is 11.0. The fourth-order valence-corrected chi connectivity index (χ4v) is 3.69. The molecule has 11 heteroatoms. The topological polar surface area (TPSA) is 117 Å². The maximum Gasteiger partial charge on any atom is 0.278 e. The second-order valence-corrected chi connectivity index (χ2v) is 8.07. The van der Waals surface area contributed by atoms with E-state index in [0.29, 0.717) is 23.7 Å². The monoisotopic (exact) mass is 473 g/mol. The molecule has 0 unspecified atom stereocenters. The molecule has 3 rings (SSSR count). The lowest BCUT2D eigenvalue weighted by molar-refractivity contribution is -0.116. The van der Waals surface area contributed by atoms with Crippen LogP contribution in [0.2, 0.25) is 0 Å². The molecule has 1 aromatic heterocycles. The SMILES string of the molecule is CCC(=O)Nc1ccccc1-c1nnc(S[C@H](CC)C(=O)Nc2ccc(F)cc2F)[nH]c1=O. The summed E-state index contributed by atoms with van der Waals surface area (Å²) in [5.41, 5.74) is 0.141. The molecule has 1 atom stereocenters. The van der Waals surface area contributed by atoms with Crippen molar-refractivity contribution in [1.29, 1.82) is 0 Å². The molecule has 0 saturated heterocycles. The highest BCUT2D eigenvalue weighted by atomic mass is 32.2. The Kier molecular flexibility index (Phi) is 7.88. The van der Waals surface area contributed by atoms with Gasteiger partial charge in [0.15, 0.2) is 10.9 Å². The molecular weight excluding hydrogens is 452 g/mol. The fourth-order valence-electron chi connectivity index (χ4n) is 2.85. The van der Waals surface area contributed by atoms with Crippen molar-refractivity contribution in [3.8, 4) is 11.3 Å². The molecule has 2 amide bonds. The van der Waals surface area contributed by atoms with Gasteiger partial charge in [-0.05, 0) is 24.6 Å². The number of hydrogen-bond donors (Lipinski definition) is 3. The largest absolute Gasteiger partial charge is 0.325 e. The first kappa shape index (κ1) is 24.1. The van der Waals surface area contributed by atoms with Gasteiger partial charge < -0.3 is 10.6 Å². The van der Waals surface area contributed by atoms with Crippen LogP contribution in [-0.2, 0) is 9.59 Å². The lowest BCUT2D eigenvalue weighted by Gasteiger charge is -2.14. The molecule has 172 valence electrons. The molecule has 0 fully saturated rings. The Hall–Kier alpha value is -3.60. The maximum atomic E-state index is 13.8. The fraction of sp³-hybridized carbons (Fsp3) is 0.227. The molecule has 1 heterocycles. The van der Waals surface area contributed by atoms with Crippen LogP contribution in [0.5, 0.6) is 0 Å². The van der Waals surface area contributed by atoms with Gasteiger partial charge in [0.05, 0.1) is 16.6 Å². The standard InChI is InChI=1S/C22H21F2N5O3S/c1-3-17(20(31)26-16-10-9-12(23)11-14(16)24)33-22-27-21(32)19(28-29-22)13-7-5-6-8-15(13)25-18(30)4-2/h5-11,17H,3-4H2,1-2H3,(H,25,30)(H,26,31)(H,27,29,32)/t17-/m1/s1. The van der Waals surface area contributed by atoms with Gasteiger partial charge in [0.1, 0.15) is 11.6 Å². The Balaban J connectivity index is 1.79. The van der Waals surface area contributed by atoms with E-state index in [1.54, 1.807) is 38.1 Å². The van der Waals surface area contributed by atoms with Crippen molar-refractivity contribution in [3.05, 3.63) is 64.5 Å². The number of aromatic amines is 1. The van der Waals surface area contributed by atoms with Gasteiger partial charge in [-0.1, -0.05) is 43.8 Å². The summed E-state index contributed by atoms with van der Waals surface area (Å²) in [4.78, 5) is 39.6. The van der Waals surface area contributed by atoms with Crippen molar-refractivity contribution >= 4 is 35.0 Å². The summed E-state index contributed by atoms with van der Waals surface area (Å²) in [5.74, 6) is -2.40. The smallest absolute Gasteiger partial charge is 0.278 e. The molecule has 0 bridgehead atoms. The number of benzene rings is 2. The van der Waals surface area contributed by atoms with Crippen LogP contribution in [0.4, 0.5) is 20.2 Å². The highest BCUT2D eigenvalue weighted by Gasteiger charge is 2.22. The summed E-state index contributed by atoms with van der Waals surface area (Å²) in [5, 5.41) is 12.5. The summed E-state index contributed by atoms with van der Waals surface area (Å²) in [7, 11) is 0. The summed E-state index contributed by atoms with van der Waals surface area (Å²) in [6.07, 6.45) is 0.616. The summed E-state index contributed by atoms with van der Waals surface area (Å²) < 4.78 is 26.9. The molecule has 0 radical (unpaired) electrons. The zero-order valence-electron chi connectivity index (χ0n) is 17.8. The predicted molar refractivity (Wildman–Crippen MR) is 122 cm³/mol. The molecule has 33 heavy (non-hydrogen) atoms. The van der Waals surface area contributed by atoms with Crippen LogP contribution >= 0.6 is 11.8 Å². The minimum absolute atomic E-state index is 0.0113. The van der Waals surface area contributed by atoms with Gasteiger partial charge in [0.25, 0.3) is 5.56 Å². The van der Waals surface area contributed by atoms with Crippen LogP contribution in [0.15, 0.2) is 52.4 Å². The van der Waals surface area contributed by atoms with Crippen LogP contribution in [0, 0.1) is 11.6 Å². The number of amides is 2. The second-order valence-electron chi connectivity index (χ2n) is 6.88. The van der Waals surface area contributed by atoms with Gasteiger partial charge in [-0.15, -0.1) is 10.2 Å². The van der Waals surface area contributed by atoms with E-state index >= 15 is 0 Å². The number of thioether (sulfide) groups is 1. The number of halogens is 2. The number of hydrogen-bond acceptors (Lipinski definition) is 6. The Labute approximate surface area is 192 Å². The normalized spacial score (nSPS) is 11.6. The van der Waals surface area contributed by atoms with Crippen molar-refractivity contribution < 1.29 is 18.4 Å². The molecule has 3 aromatic rings. The summed E-state index contributed by atoms with van der Waals surface area (Å²) in [6.45, 7) is 3.45. The number of aromatic nitrogens is 3. The van der Waals surface area contributed by atoms with E-state index in [1.165, 1.54) is 0 Å². The zero-order valence-corrected chi connectivity index (χ0v) is 18.6. The zero-order chi connectivity index (χ0) is 24.0. The number of rotatable bonds is 8. The Morgan fingerprint density at radius 3 is 2.48 bits per heavy atom. The van der Waals surface area contributed by atoms with E-state index in [1.807, 2.05) is 0 Å². The van der Waals surface area contributed by atoms with Crippen molar-refractivity contribution in [2.24, 2.45) is 0 Å². The third kappa shape index (κ3) is 6.01. The molecule has 3 N–H and O–H groups in total. The van der Waals surface area contributed by atoms with Gasteiger partial charge in [-0.25, -0.2) is 8.78 Å². The molecule has 0 aliphatic heterocycles. The quantitative estimate of drug-likeness (QED) is 0.426. The Morgan fingerprint density at radius 2 is 1.82 bits per heavy atom. The lowest BCUT2D eigenvalue weighted by atomic mass is 10.1. The van der Waals surface area contributed by atoms with Crippen molar-refractivity contribution in [2.45, 2.75) is 37.1 Å². The molecule has 8 nitrogen and oxygen atoms in total. The summed E-state index contributed by atoms with van der Waals surface area (Å²) in [6, 6.07) is 9.55. The number of carbonyl (C=O) groups excluding carboxylic acids is 2. The van der Waals surface area contributed by atoms with Crippen LogP contribution in [0.1, 0.15) is 26.7 Å². The minimum Gasteiger partial charge on any atom is -0.325 e. The van der Waals surface area contributed by atoms with E-state index in [2.05, 4.69) is 25.8 Å². The van der Waals surface area contributed by atoms with Crippen molar-refractivity contribution in [2.75, 3.05) is 10.6 Å². The minimum atomic E-state index is -0.894. The second kappa shape index (κ2) is 10.8. The average molecular weight is 474 g/mol. The van der Waals surface area contributed by atoms with E-state index in [4.69, 9.17) is 0 Å². The number of H-pyrrole nitrogens is 1. The lowest BCUT2D eigenvalue weighted by Crippen LogP contribution is -2.26. The number of anilines is 2. The first-order valence-electron chi connectivity index (χ1n) is 10.1. The van der Waals surface area contributed by atoms with Crippen LogP contribution in [-0.4, -0.2) is 32.2 Å². The molecule has 2 aromatic carbocycles. The van der Waals surface area contributed by atoms with Crippen LogP contribution in [0.25, 0.3) is 11.3 Å². The number of carbonyl (C=O) groups is 2.